The van der Waals surface area contributed by atoms with Gasteiger partial charge < -0.3 is 14.2 Å². The average Bonchev–Trinajstić information content (AvgIpc) is 2.52. The van der Waals surface area contributed by atoms with Gasteiger partial charge in [0.1, 0.15) is 23.9 Å². The van der Waals surface area contributed by atoms with Gasteiger partial charge >= 0.3 is 0 Å². The molecule has 4 nitrogen and oxygen atoms in total. The van der Waals surface area contributed by atoms with Gasteiger partial charge in [0.05, 0.1) is 19.8 Å². The topological polar surface area (TPSA) is 44.8 Å². The van der Waals surface area contributed by atoms with Crippen LogP contribution in [0.5, 0.6) is 17.2 Å². The third kappa shape index (κ3) is 3.75. The predicted octanol–water partition coefficient (Wildman–Crippen LogP) is 3.49. The molecule has 2 aromatic carbocycles. The Balaban J connectivity index is 2.07. The van der Waals surface area contributed by atoms with Crippen LogP contribution in [0.2, 0.25) is 0 Å². The van der Waals surface area contributed by atoms with Crippen molar-refractivity contribution in [2.45, 2.75) is 13.5 Å². The number of ether oxygens (including phenoxy) is 3. The summed E-state index contributed by atoms with van der Waals surface area (Å²) in [7, 11) is 3.17. The van der Waals surface area contributed by atoms with Gasteiger partial charge in [-0.2, -0.15) is 0 Å². The van der Waals surface area contributed by atoms with Gasteiger partial charge in [-0.05, 0) is 36.8 Å². The lowest BCUT2D eigenvalue weighted by Crippen LogP contribution is -2.00. The number of hydrogen-bond donors (Lipinski definition) is 0. The Morgan fingerprint density at radius 1 is 0.952 bits per heavy atom. The molecule has 4 heteroatoms. The fourth-order valence-corrected chi connectivity index (χ4v) is 1.94. The van der Waals surface area contributed by atoms with E-state index >= 15 is 0 Å². The van der Waals surface area contributed by atoms with Crippen molar-refractivity contribution in [1.82, 2.24) is 0 Å². The number of carbonyl (C=O) groups excluding carboxylic acids is 1. The van der Waals surface area contributed by atoms with Gasteiger partial charge in [-0.15, -0.1) is 0 Å². The molecule has 0 N–H and O–H groups in total. The van der Waals surface area contributed by atoms with E-state index in [4.69, 9.17) is 14.2 Å². The van der Waals surface area contributed by atoms with Crippen LogP contribution >= 0.6 is 0 Å². The minimum atomic E-state index is -0.0337. The second kappa shape index (κ2) is 6.79. The van der Waals surface area contributed by atoms with Crippen molar-refractivity contribution in [1.29, 1.82) is 0 Å². The first-order valence-corrected chi connectivity index (χ1v) is 6.58. The lowest BCUT2D eigenvalue weighted by molar-refractivity contribution is 0.101. The van der Waals surface area contributed by atoms with Crippen LogP contribution in [0, 0.1) is 0 Å². The number of rotatable bonds is 6. The van der Waals surface area contributed by atoms with Crippen LogP contribution in [0.15, 0.2) is 42.5 Å². The van der Waals surface area contributed by atoms with E-state index in [1.807, 2.05) is 24.3 Å². The normalized spacial score (nSPS) is 10.0. The van der Waals surface area contributed by atoms with E-state index in [0.29, 0.717) is 23.7 Å². The summed E-state index contributed by atoms with van der Waals surface area (Å²) in [5.74, 6) is 1.96. The first-order valence-electron chi connectivity index (χ1n) is 6.58. The number of Topliss-reactive ketones (excluding diaryl/α,β-unsaturated/α-hetero) is 1. The molecule has 0 aliphatic heterocycles. The monoisotopic (exact) mass is 286 g/mol. The van der Waals surface area contributed by atoms with Gasteiger partial charge in [-0.3, -0.25) is 4.79 Å². The highest BCUT2D eigenvalue weighted by Gasteiger charge is 2.09. The lowest BCUT2D eigenvalue weighted by Gasteiger charge is -2.10. The van der Waals surface area contributed by atoms with Crippen molar-refractivity contribution in [3.05, 3.63) is 53.6 Å². The highest BCUT2D eigenvalue weighted by Crippen LogP contribution is 2.25. The van der Waals surface area contributed by atoms with E-state index in [-0.39, 0.29) is 5.78 Å². The standard InChI is InChI=1S/C17H18O4/c1-12(18)16-9-8-15(10-17(16)20-3)21-11-13-4-6-14(19-2)7-5-13/h4-10H,11H2,1-3H3. The van der Waals surface area contributed by atoms with Gasteiger partial charge in [0, 0.05) is 6.07 Å². The Hall–Kier alpha value is -2.49. The van der Waals surface area contributed by atoms with Crippen molar-refractivity contribution in [2.75, 3.05) is 14.2 Å². The van der Waals surface area contributed by atoms with Crippen LogP contribution in [0.25, 0.3) is 0 Å². The molecule has 0 aromatic heterocycles. The summed E-state index contributed by atoms with van der Waals surface area (Å²) >= 11 is 0. The molecule has 0 spiro atoms. The summed E-state index contributed by atoms with van der Waals surface area (Å²) < 4.78 is 16.0. The second-order valence-electron chi connectivity index (χ2n) is 4.56. The maximum atomic E-state index is 11.4. The molecule has 0 radical (unpaired) electrons. The zero-order valence-electron chi connectivity index (χ0n) is 12.4. The van der Waals surface area contributed by atoms with Crippen molar-refractivity contribution < 1.29 is 19.0 Å². The van der Waals surface area contributed by atoms with Crippen LogP contribution in [0.3, 0.4) is 0 Å². The molecular weight excluding hydrogens is 268 g/mol. The van der Waals surface area contributed by atoms with E-state index in [1.54, 1.807) is 25.3 Å². The number of carbonyl (C=O) groups is 1. The molecule has 110 valence electrons. The molecule has 0 amide bonds. The number of ketones is 1. The van der Waals surface area contributed by atoms with Crippen LogP contribution in [-0.2, 0) is 6.61 Å². The Morgan fingerprint density at radius 3 is 2.19 bits per heavy atom. The first kappa shape index (κ1) is 14.9. The molecule has 0 atom stereocenters. The highest BCUT2D eigenvalue weighted by molar-refractivity contribution is 5.97. The molecule has 0 aliphatic carbocycles. The fraction of sp³-hybridized carbons (Fsp3) is 0.235. The second-order valence-corrected chi connectivity index (χ2v) is 4.56. The molecule has 0 aliphatic rings. The van der Waals surface area contributed by atoms with E-state index < -0.39 is 0 Å². The van der Waals surface area contributed by atoms with Crippen LogP contribution < -0.4 is 14.2 Å². The minimum absolute atomic E-state index is 0.0337. The molecule has 0 heterocycles. The van der Waals surface area contributed by atoms with E-state index in [2.05, 4.69) is 0 Å². The summed E-state index contributed by atoms with van der Waals surface area (Å²) in [6, 6.07) is 12.9. The zero-order chi connectivity index (χ0) is 15.2. The highest BCUT2D eigenvalue weighted by atomic mass is 16.5. The molecule has 0 saturated heterocycles. The largest absolute Gasteiger partial charge is 0.497 e. The van der Waals surface area contributed by atoms with E-state index in [0.717, 1.165) is 11.3 Å². The first-order chi connectivity index (χ1) is 10.1. The Kier molecular flexibility index (Phi) is 4.82. The molecule has 0 saturated carbocycles. The Bertz CT molecular complexity index is 617. The van der Waals surface area contributed by atoms with Crippen LogP contribution in [0.1, 0.15) is 22.8 Å². The maximum absolute atomic E-state index is 11.4. The number of hydrogen-bond acceptors (Lipinski definition) is 4. The minimum Gasteiger partial charge on any atom is -0.497 e. The molecule has 0 bridgehead atoms. The fourth-order valence-electron chi connectivity index (χ4n) is 1.94. The quantitative estimate of drug-likeness (QED) is 0.763. The van der Waals surface area contributed by atoms with Gasteiger partial charge in [0.15, 0.2) is 5.78 Å². The zero-order valence-corrected chi connectivity index (χ0v) is 12.4. The van der Waals surface area contributed by atoms with Crippen molar-refractivity contribution in [3.8, 4) is 17.2 Å². The number of benzene rings is 2. The van der Waals surface area contributed by atoms with Crippen LogP contribution in [-0.4, -0.2) is 20.0 Å². The van der Waals surface area contributed by atoms with Gasteiger partial charge in [0.2, 0.25) is 0 Å². The summed E-state index contributed by atoms with van der Waals surface area (Å²) in [6.07, 6.45) is 0. The van der Waals surface area contributed by atoms with Gasteiger partial charge in [0.25, 0.3) is 0 Å². The molecule has 2 aromatic rings. The Morgan fingerprint density at radius 2 is 1.62 bits per heavy atom. The molecule has 0 fully saturated rings. The van der Waals surface area contributed by atoms with Crippen molar-refractivity contribution in [2.24, 2.45) is 0 Å². The third-order valence-electron chi connectivity index (χ3n) is 3.12. The molecular formula is C17H18O4. The smallest absolute Gasteiger partial charge is 0.163 e. The third-order valence-corrected chi connectivity index (χ3v) is 3.12. The van der Waals surface area contributed by atoms with E-state index in [9.17, 15) is 4.79 Å². The average molecular weight is 286 g/mol. The van der Waals surface area contributed by atoms with Gasteiger partial charge in [-0.1, -0.05) is 12.1 Å². The van der Waals surface area contributed by atoms with E-state index in [1.165, 1.54) is 14.0 Å². The van der Waals surface area contributed by atoms with Crippen LogP contribution in [0.4, 0.5) is 0 Å². The lowest BCUT2D eigenvalue weighted by atomic mass is 10.1. The van der Waals surface area contributed by atoms with Crippen molar-refractivity contribution in [3.63, 3.8) is 0 Å². The van der Waals surface area contributed by atoms with Gasteiger partial charge in [-0.25, -0.2) is 0 Å². The SMILES string of the molecule is COc1ccc(COc2ccc(C(C)=O)c(OC)c2)cc1. The summed E-state index contributed by atoms with van der Waals surface area (Å²) in [5.41, 5.74) is 1.58. The maximum Gasteiger partial charge on any atom is 0.163 e. The summed E-state index contributed by atoms with van der Waals surface area (Å²) in [6.45, 7) is 1.95. The summed E-state index contributed by atoms with van der Waals surface area (Å²) in [4.78, 5) is 11.4. The molecule has 21 heavy (non-hydrogen) atoms. The van der Waals surface area contributed by atoms with Crippen molar-refractivity contribution >= 4 is 5.78 Å². The predicted molar refractivity (Wildman–Crippen MR) is 80.3 cm³/mol. The number of methoxy groups -OCH3 is 2. The molecule has 0 unspecified atom stereocenters. The summed E-state index contributed by atoms with van der Waals surface area (Å²) in [5, 5.41) is 0. The molecule has 2 rings (SSSR count). The Labute approximate surface area is 124 Å².